The van der Waals surface area contributed by atoms with E-state index in [1.165, 1.54) is 250 Å². The Morgan fingerprint density at radius 3 is 0.766 bits per heavy atom. The van der Waals surface area contributed by atoms with Gasteiger partial charge in [0, 0.05) is 25.7 Å². The molecular weight excluding hydrogens is 1390 g/mol. The number of allylic oxidation sites excluding steroid dienone is 4. The summed E-state index contributed by atoms with van der Waals surface area (Å²) in [5.74, 6) is -0.490. The van der Waals surface area contributed by atoms with Gasteiger partial charge in [0.1, 0.15) is 19.3 Å². The molecule has 17 nitrogen and oxygen atoms in total. The zero-order valence-corrected chi connectivity index (χ0v) is 71.7. The van der Waals surface area contributed by atoms with Gasteiger partial charge in [-0.2, -0.15) is 0 Å². The molecule has 5 atom stereocenters. The zero-order valence-electron chi connectivity index (χ0n) is 69.9. The number of aliphatic hydroxyl groups is 1. The number of aliphatic hydroxyl groups excluding tert-OH is 1. The van der Waals surface area contributed by atoms with Crippen molar-refractivity contribution < 1.29 is 80.2 Å². The molecule has 0 fully saturated rings. The predicted octanol–water partition coefficient (Wildman–Crippen LogP) is 26.6. The standard InChI is InChI=1S/C88H168O17P2/c1-7-9-11-13-15-17-19-20-29-37-42-48-54-60-66-72-87(92)104-83(76-98-85(90)70-64-58-52-46-18-16-14-12-10-8-2)78-102-106(94,95)100-74-82(89)75-101-107(96,97)103-79-84(105-88(93)73-67-61-55-49-43-38-33-28-24-22-26-31-35-40-45-51-57-63-69-81(5)6)77-99-86(91)71-65-59-53-47-41-36-32-27-23-21-25-30-34-39-44-50-56-62-68-80(3)4/h17,19-20,29,80-84,89H,7-16,18,21-28,30-79H2,1-6H3,(H,94,95)(H,96,97)/b19-17-,29-20-/t82-,83+,84+/m0/s1. The van der Waals surface area contributed by atoms with Gasteiger partial charge in [0.25, 0.3) is 0 Å². The fraction of sp³-hybridized carbons (Fsp3) is 0.909. The van der Waals surface area contributed by atoms with Crippen LogP contribution in [-0.2, 0) is 65.4 Å². The Labute approximate surface area is 656 Å². The second-order valence-electron chi connectivity index (χ2n) is 31.9. The van der Waals surface area contributed by atoms with Crippen molar-refractivity contribution in [1.82, 2.24) is 0 Å². The molecular formula is C88H168O17P2. The fourth-order valence-electron chi connectivity index (χ4n) is 13.2. The lowest BCUT2D eigenvalue weighted by atomic mass is 10.0. The van der Waals surface area contributed by atoms with E-state index in [9.17, 15) is 43.2 Å². The van der Waals surface area contributed by atoms with Crippen molar-refractivity contribution in [3.63, 3.8) is 0 Å². The number of phosphoric acid groups is 2. The summed E-state index contributed by atoms with van der Waals surface area (Å²) in [7, 11) is -9.94. The smallest absolute Gasteiger partial charge is 0.462 e. The maximum Gasteiger partial charge on any atom is 0.472 e. The molecule has 19 heteroatoms. The minimum atomic E-state index is -4.97. The molecule has 0 aliphatic heterocycles. The van der Waals surface area contributed by atoms with Gasteiger partial charge in [-0.15, -0.1) is 0 Å². The molecule has 0 aliphatic rings. The minimum Gasteiger partial charge on any atom is -0.462 e. The SMILES string of the molecule is CCCCCC/C=C\C=C/CCCCCCCC(=O)O[C@H](COC(=O)CCCCCCCCCCCC)COP(=O)(O)OC[C@H](O)COP(=O)(O)OC[C@@H](COC(=O)CCCCCCCCCCCCCCCCCCCCC(C)C)OC(=O)CCCCCCCCCCCCCCCCCCCCC(C)C. The lowest BCUT2D eigenvalue weighted by molar-refractivity contribution is -0.161. The predicted molar refractivity (Wildman–Crippen MR) is 441 cm³/mol. The summed E-state index contributed by atoms with van der Waals surface area (Å²) >= 11 is 0. The fourth-order valence-corrected chi connectivity index (χ4v) is 14.8. The van der Waals surface area contributed by atoms with E-state index in [4.69, 9.17) is 37.0 Å². The number of rotatable bonds is 85. The number of hydrogen-bond acceptors (Lipinski definition) is 15. The quantitative estimate of drug-likeness (QED) is 0.0169. The third-order valence-corrected chi connectivity index (χ3v) is 22.0. The molecule has 107 heavy (non-hydrogen) atoms. The molecule has 632 valence electrons. The third-order valence-electron chi connectivity index (χ3n) is 20.1. The molecule has 0 aromatic heterocycles. The van der Waals surface area contributed by atoms with E-state index < -0.39 is 97.5 Å². The molecule has 0 amide bonds. The van der Waals surface area contributed by atoms with E-state index in [0.29, 0.717) is 25.7 Å². The molecule has 0 bridgehead atoms. The van der Waals surface area contributed by atoms with Crippen molar-refractivity contribution in [2.24, 2.45) is 11.8 Å². The monoisotopic (exact) mass is 1560 g/mol. The van der Waals surface area contributed by atoms with Crippen molar-refractivity contribution >= 4 is 39.5 Å². The van der Waals surface area contributed by atoms with Gasteiger partial charge in [0.2, 0.25) is 0 Å². The minimum absolute atomic E-state index is 0.0855. The Bertz CT molecular complexity index is 2140. The largest absolute Gasteiger partial charge is 0.472 e. The molecule has 0 aliphatic carbocycles. The van der Waals surface area contributed by atoms with E-state index in [2.05, 4.69) is 65.8 Å². The van der Waals surface area contributed by atoms with Crippen LogP contribution in [0.2, 0.25) is 0 Å². The van der Waals surface area contributed by atoms with Gasteiger partial charge in [-0.1, -0.05) is 393 Å². The summed E-state index contributed by atoms with van der Waals surface area (Å²) in [5, 5.41) is 10.7. The van der Waals surface area contributed by atoms with E-state index in [1.807, 2.05) is 0 Å². The highest BCUT2D eigenvalue weighted by Gasteiger charge is 2.30. The molecule has 0 aromatic rings. The molecule has 0 saturated carbocycles. The van der Waals surface area contributed by atoms with E-state index in [-0.39, 0.29) is 25.7 Å². The van der Waals surface area contributed by atoms with Crippen LogP contribution in [0.15, 0.2) is 24.3 Å². The summed E-state index contributed by atoms with van der Waals surface area (Å²) in [5.41, 5.74) is 0. The van der Waals surface area contributed by atoms with Gasteiger partial charge in [-0.25, -0.2) is 9.13 Å². The van der Waals surface area contributed by atoms with Crippen molar-refractivity contribution in [2.75, 3.05) is 39.6 Å². The van der Waals surface area contributed by atoms with Crippen molar-refractivity contribution in [2.45, 2.75) is 464 Å². The highest BCUT2D eigenvalue weighted by Crippen LogP contribution is 2.45. The van der Waals surface area contributed by atoms with Crippen LogP contribution in [0.1, 0.15) is 446 Å². The third kappa shape index (κ3) is 81.4. The van der Waals surface area contributed by atoms with Crippen molar-refractivity contribution in [1.29, 1.82) is 0 Å². The Balaban J connectivity index is 5.24. The van der Waals surface area contributed by atoms with Crippen molar-refractivity contribution in [3.05, 3.63) is 24.3 Å². The Hall–Kier alpha value is -2.46. The first-order valence-corrected chi connectivity index (χ1v) is 47.8. The van der Waals surface area contributed by atoms with Crippen LogP contribution in [-0.4, -0.2) is 96.7 Å². The number of ether oxygens (including phenoxy) is 4. The Morgan fingerprint density at radius 1 is 0.290 bits per heavy atom. The maximum atomic E-state index is 13.2. The first kappa shape index (κ1) is 105. The number of carbonyl (C=O) groups is 4. The average Bonchev–Trinajstić information content (AvgIpc) is 0.955. The van der Waals surface area contributed by atoms with Gasteiger partial charge in [-0.05, 0) is 63.2 Å². The summed E-state index contributed by atoms with van der Waals surface area (Å²) in [4.78, 5) is 73.2. The molecule has 0 aromatic carbocycles. The number of unbranched alkanes of at least 4 members (excludes halogenated alkanes) is 52. The van der Waals surface area contributed by atoms with Crippen LogP contribution in [0, 0.1) is 11.8 Å². The topological polar surface area (TPSA) is 237 Å². The average molecular weight is 1560 g/mol. The summed E-state index contributed by atoms with van der Waals surface area (Å²) < 4.78 is 68.9. The highest BCUT2D eigenvalue weighted by atomic mass is 31.2. The molecule has 0 rings (SSSR count). The van der Waals surface area contributed by atoms with Crippen LogP contribution in [0.5, 0.6) is 0 Å². The van der Waals surface area contributed by atoms with E-state index in [0.717, 1.165) is 115 Å². The van der Waals surface area contributed by atoms with E-state index >= 15 is 0 Å². The van der Waals surface area contributed by atoms with Gasteiger partial charge in [-0.3, -0.25) is 37.3 Å². The van der Waals surface area contributed by atoms with Gasteiger partial charge >= 0.3 is 39.5 Å². The normalized spacial score (nSPS) is 13.9. The number of esters is 4. The molecule has 0 heterocycles. The van der Waals surface area contributed by atoms with Gasteiger partial charge < -0.3 is 33.8 Å². The van der Waals surface area contributed by atoms with Crippen LogP contribution in [0.4, 0.5) is 0 Å². The summed E-state index contributed by atoms with van der Waals surface area (Å²) in [6.45, 7) is 9.67. The molecule has 0 saturated heterocycles. The van der Waals surface area contributed by atoms with E-state index in [1.54, 1.807) is 0 Å². The van der Waals surface area contributed by atoms with Crippen LogP contribution < -0.4 is 0 Å². The molecule has 0 radical (unpaired) electrons. The number of carbonyl (C=O) groups excluding carboxylic acids is 4. The highest BCUT2D eigenvalue weighted by molar-refractivity contribution is 7.47. The number of hydrogen-bond donors (Lipinski definition) is 3. The Morgan fingerprint density at radius 2 is 0.505 bits per heavy atom. The summed E-state index contributed by atoms with van der Waals surface area (Å²) in [6.07, 6.45) is 74.5. The van der Waals surface area contributed by atoms with Crippen molar-refractivity contribution in [3.8, 4) is 0 Å². The van der Waals surface area contributed by atoms with Crippen LogP contribution >= 0.6 is 15.6 Å². The van der Waals surface area contributed by atoms with Crippen LogP contribution in [0.3, 0.4) is 0 Å². The van der Waals surface area contributed by atoms with Gasteiger partial charge in [0.15, 0.2) is 12.2 Å². The lowest BCUT2D eigenvalue weighted by Crippen LogP contribution is -2.30. The summed E-state index contributed by atoms with van der Waals surface area (Å²) in [6, 6.07) is 0. The maximum absolute atomic E-state index is 13.2. The molecule has 2 unspecified atom stereocenters. The molecule has 3 N–H and O–H groups in total. The first-order valence-electron chi connectivity index (χ1n) is 44.8. The number of phosphoric ester groups is 2. The van der Waals surface area contributed by atoms with Crippen LogP contribution in [0.25, 0.3) is 0 Å². The van der Waals surface area contributed by atoms with Gasteiger partial charge in [0.05, 0.1) is 26.4 Å². The zero-order chi connectivity index (χ0) is 78.5. The molecule has 0 spiro atoms. The second-order valence-corrected chi connectivity index (χ2v) is 34.8. The second kappa shape index (κ2) is 78.8. The first-order chi connectivity index (χ1) is 51.9. The Kier molecular flexibility index (Phi) is 77.0. The lowest BCUT2D eigenvalue weighted by Gasteiger charge is -2.21.